The zero-order valence-corrected chi connectivity index (χ0v) is 11.9. The van der Waals surface area contributed by atoms with Gasteiger partial charge in [0.2, 0.25) is 5.91 Å². The van der Waals surface area contributed by atoms with Gasteiger partial charge < -0.3 is 10.2 Å². The maximum Gasteiger partial charge on any atom is 0.236 e. The molecule has 0 saturated carbocycles. The Labute approximate surface area is 108 Å². The molecule has 0 aromatic carbocycles. The molecule has 0 fully saturated rings. The molecular formula is C13H22N2OS. The number of amides is 1. The number of nitrogens with zero attached hydrogens (tertiary/aromatic N) is 1. The van der Waals surface area contributed by atoms with Gasteiger partial charge in [-0.25, -0.2) is 0 Å². The molecule has 0 unspecified atom stereocenters. The Hall–Kier alpha value is -0.870. The summed E-state index contributed by atoms with van der Waals surface area (Å²) >= 11 is 1.69. The molecule has 1 rings (SSSR count). The van der Waals surface area contributed by atoms with Crippen molar-refractivity contribution in [2.24, 2.45) is 0 Å². The van der Waals surface area contributed by atoms with Gasteiger partial charge in [0.25, 0.3) is 0 Å². The molecule has 96 valence electrons. The van der Waals surface area contributed by atoms with Crippen molar-refractivity contribution < 1.29 is 4.79 Å². The van der Waals surface area contributed by atoms with E-state index in [1.807, 2.05) is 23.3 Å². The highest BCUT2D eigenvalue weighted by atomic mass is 32.1. The van der Waals surface area contributed by atoms with Crippen LogP contribution < -0.4 is 5.32 Å². The highest BCUT2D eigenvalue weighted by Gasteiger charge is 2.16. The van der Waals surface area contributed by atoms with E-state index in [-0.39, 0.29) is 11.4 Å². The lowest BCUT2D eigenvalue weighted by Crippen LogP contribution is -2.44. The fourth-order valence-electron chi connectivity index (χ4n) is 1.42. The van der Waals surface area contributed by atoms with E-state index in [9.17, 15) is 4.79 Å². The second-order valence-corrected chi connectivity index (χ2v) is 6.12. The first-order chi connectivity index (χ1) is 7.92. The Morgan fingerprint density at radius 2 is 2.18 bits per heavy atom. The van der Waals surface area contributed by atoms with Gasteiger partial charge in [-0.15, -0.1) is 11.3 Å². The van der Waals surface area contributed by atoms with E-state index in [1.54, 1.807) is 11.3 Å². The van der Waals surface area contributed by atoms with Crippen molar-refractivity contribution in [1.29, 1.82) is 0 Å². The molecule has 4 heteroatoms. The highest BCUT2D eigenvalue weighted by molar-refractivity contribution is 7.09. The first-order valence-corrected chi connectivity index (χ1v) is 6.85. The van der Waals surface area contributed by atoms with Crippen LogP contribution in [-0.4, -0.2) is 29.4 Å². The molecular weight excluding hydrogens is 232 g/mol. The topological polar surface area (TPSA) is 32.3 Å². The van der Waals surface area contributed by atoms with E-state index in [4.69, 9.17) is 0 Å². The monoisotopic (exact) mass is 254 g/mol. The van der Waals surface area contributed by atoms with Gasteiger partial charge in [-0.2, -0.15) is 0 Å². The number of rotatable bonds is 5. The van der Waals surface area contributed by atoms with Crippen LogP contribution in [0.25, 0.3) is 0 Å². The third-order valence-electron chi connectivity index (χ3n) is 2.43. The summed E-state index contributed by atoms with van der Waals surface area (Å²) in [5, 5.41) is 5.27. The molecule has 0 radical (unpaired) electrons. The summed E-state index contributed by atoms with van der Waals surface area (Å²) in [6.45, 7) is 10.1. The fourth-order valence-corrected chi connectivity index (χ4v) is 2.14. The summed E-state index contributed by atoms with van der Waals surface area (Å²) < 4.78 is 0. The molecule has 1 aromatic heterocycles. The maximum atomic E-state index is 12.0. The lowest BCUT2D eigenvalue weighted by molar-refractivity contribution is -0.130. The molecule has 17 heavy (non-hydrogen) atoms. The Morgan fingerprint density at radius 1 is 1.47 bits per heavy atom. The van der Waals surface area contributed by atoms with Crippen molar-refractivity contribution in [3.05, 3.63) is 22.4 Å². The molecule has 0 spiro atoms. The largest absolute Gasteiger partial charge is 0.337 e. The van der Waals surface area contributed by atoms with Crippen LogP contribution in [0.1, 0.15) is 32.6 Å². The summed E-state index contributed by atoms with van der Waals surface area (Å²) in [6, 6.07) is 4.09. The van der Waals surface area contributed by atoms with E-state index >= 15 is 0 Å². The van der Waals surface area contributed by atoms with Gasteiger partial charge in [-0.05, 0) is 39.1 Å². The van der Waals surface area contributed by atoms with Crippen molar-refractivity contribution in [2.75, 3.05) is 13.1 Å². The van der Waals surface area contributed by atoms with Gasteiger partial charge in [0.05, 0.1) is 13.1 Å². The molecule has 3 nitrogen and oxygen atoms in total. The Balaban J connectivity index is 2.47. The summed E-state index contributed by atoms with van der Waals surface area (Å²) in [7, 11) is 0. The summed E-state index contributed by atoms with van der Waals surface area (Å²) in [5.41, 5.74) is -0.0159. The minimum Gasteiger partial charge on any atom is -0.337 e. The maximum absolute atomic E-state index is 12.0. The predicted octanol–water partition coefficient (Wildman–Crippen LogP) is 2.48. The van der Waals surface area contributed by atoms with Crippen LogP contribution >= 0.6 is 11.3 Å². The zero-order valence-electron chi connectivity index (χ0n) is 11.1. The predicted molar refractivity (Wildman–Crippen MR) is 73.2 cm³/mol. The molecule has 1 amide bonds. The summed E-state index contributed by atoms with van der Waals surface area (Å²) in [5.74, 6) is 0.163. The molecule has 0 aliphatic rings. The zero-order chi connectivity index (χ0) is 12.9. The van der Waals surface area contributed by atoms with Crippen LogP contribution in [0.2, 0.25) is 0 Å². The van der Waals surface area contributed by atoms with Crippen molar-refractivity contribution in [1.82, 2.24) is 10.2 Å². The third kappa shape index (κ3) is 5.33. The standard InChI is InChI=1S/C13H22N2OS/c1-5-15(10-11-7-6-8-17-11)12(16)9-14-13(2,3)4/h6-8,14H,5,9-10H2,1-4H3. The van der Waals surface area contributed by atoms with Crippen LogP contribution in [0.4, 0.5) is 0 Å². The van der Waals surface area contributed by atoms with Gasteiger partial charge in [-0.3, -0.25) is 4.79 Å². The number of nitrogens with one attached hydrogen (secondary N) is 1. The number of carbonyl (C=O) groups excluding carboxylic acids is 1. The van der Waals surface area contributed by atoms with Gasteiger partial charge in [0.1, 0.15) is 0 Å². The number of hydrogen-bond acceptors (Lipinski definition) is 3. The fraction of sp³-hybridized carbons (Fsp3) is 0.615. The molecule has 1 heterocycles. The first kappa shape index (κ1) is 14.2. The second-order valence-electron chi connectivity index (χ2n) is 5.09. The number of likely N-dealkylation sites (N-methyl/N-ethyl adjacent to an activating group) is 1. The lowest BCUT2D eigenvalue weighted by Gasteiger charge is -2.24. The SMILES string of the molecule is CCN(Cc1cccs1)C(=O)CNC(C)(C)C. The van der Waals surface area contributed by atoms with E-state index in [0.717, 1.165) is 13.1 Å². The van der Waals surface area contributed by atoms with Crippen molar-refractivity contribution in [3.8, 4) is 0 Å². The number of thiophene rings is 1. The Morgan fingerprint density at radius 3 is 2.65 bits per heavy atom. The molecule has 0 saturated heterocycles. The van der Waals surface area contributed by atoms with Gasteiger partial charge in [0, 0.05) is 17.0 Å². The summed E-state index contributed by atoms with van der Waals surface area (Å²) in [6.07, 6.45) is 0. The number of hydrogen-bond donors (Lipinski definition) is 1. The molecule has 0 aliphatic heterocycles. The highest BCUT2D eigenvalue weighted by Crippen LogP contribution is 2.11. The second kappa shape index (κ2) is 6.17. The van der Waals surface area contributed by atoms with E-state index in [0.29, 0.717) is 6.54 Å². The van der Waals surface area contributed by atoms with Crippen molar-refractivity contribution in [2.45, 2.75) is 39.8 Å². The molecule has 1 N–H and O–H groups in total. The van der Waals surface area contributed by atoms with Gasteiger partial charge >= 0.3 is 0 Å². The van der Waals surface area contributed by atoms with E-state index < -0.39 is 0 Å². The van der Waals surface area contributed by atoms with E-state index in [2.05, 4.69) is 32.2 Å². The van der Waals surface area contributed by atoms with Crippen LogP contribution in [0.3, 0.4) is 0 Å². The molecule has 1 aromatic rings. The Kier molecular flexibility index (Phi) is 5.15. The minimum absolute atomic E-state index is 0.0159. The van der Waals surface area contributed by atoms with Crippen LogP contribution in [0.5, 0.6) is 0 Å². The number of carbonyl (C=O) groups is 1. The van der Waals surface area contributed by atoms with Gasteiger partial charge in [0.15, 0.2) is 0 Å². The summed E-state index contributed by atoms with van der Waals surface area (Å²) in [4.78, 5) is 15.1. The quantitative estimate of drug-likeness (QED) is 0.875. The minimum atomic E-state index is -0.0159. The van der Waals surface area contributed by atoms with Crippen molar-refractivity contribution in [3.63, 3.8) is 0 Å². The van der Waals surface area contributed by atoms with Crippen LogP contribution in [0.15, 0.2) is 17.5 Å². The van der Waals surface area contributed by atoms with Crippen LogP contribution in [-0.2, 0) is 11.3 Å². The average molecular weight is 254 g/mol. The first-order valence-electron chi connectivity index (χ1n) is 5.97. The molecule has 0 atom stereocenters. The average Bonchev–Trinajstić information content (AvgIpc) is 2.74. The lowest BCUT2D eigenvalue weighted by atomic mass is 10.1. The Bertz CT molecular complexity index is 341. The molecule has 0 aliphatic carbocycles. The molecule has 0 bridgehead atoms. The third-order valence-corrected chi connectivity index (χ3v) is 3.29. The smallest absolute Gasteiger partial charge is 0.236 e. The van der Waals surface area contributed by atoms with Crippen LogP contribution in [0, 0.1) is 0 Å². The van der Waals surface area contributed by atoms with Gasteiger partial charge in [-0.1, -0.05) is 6.07 Å². The van der Waals surface area contributed by atoms with Crippen molar-refractivity contribution >= 4 is 17.2 Å². The normalized spacial score (nSPS) is 11.5. The van der Waals surface area contributed by atoms with E-state index in [1.165, 1.54) is 4.88 Å².